The number of aliphatic carboxylic acids is 1. The first kappa shape index (κ1) is 17.3. The zero-order valence-corrected chi connectivity index (χ0v) is 15.5. The van der Waals surface area contributed by atoms with Gasteiger partial charge in [-0.2, -0.15) is 5.10 Å². The van der Waals surface area contributed by atoms with Gasteiger partial charge in [-0.1, -0.05) is 6.07 Å². The third kappa shape index (κ3) is 3.18. The average molecular weight is 367 g/mol. The zero-order chi connectivity index (χ0) is 19.1. The van der Waals surface area contributed by atoms with Crippen molar-refractivity contribution >= 4 is 5.97 Å². The summed E-state index contributed by atoms with van der Waals surface area (Å²) in [6, 6.07) is 5.65. The molecule has 1 aliphatic rings. The summed E-state index contributed by atoms with van der Waals surface area (Å²) in [5.41, 5.74) is 2.32. The van der Waals surface area contributed by atoms with E-state index in [1.807, 2.05) is 28.4 Å². The lowest BCUT2D eigenvalue weighted by molar-refractivity contribution is -0.136. The van der Waals surface area contributed by atoms with E-state index in [9.17, 15) is 4.79 Å². The third-order valence-corrected chi connectivity index (χ3v) is 4.46. The first-order valence-corrected chi connectivity index (χ1v) is 8.91. The minimum atomic E-state index is -0.865. The number of imidazole rings is 1. The predicted molar refractivity (Wildman–Crippen MR) is 98.6 cm³/mol. The summed E-state index contributed by atoms with van der Waals surface area (Å²) in [4.78, 5) is 20.3. The quantitative estimate of drug-likeness (QED) is 0.762. The fourth-order valence-electron chi connectivity index (χ4n) is 3.28. The van der Waals surface area contributed by atoms with Gasteiger partial charge in [-0.15, -0.1) is 0 Å². The number of rotatable bonds is 4. The Morgan fingerprint density at radius 2 is 2.11 bits per heavy atom. The van der Waals surface area contributed by atoms with E-state index in [0.29, 0.717) is 30.3 Å². The van der Waals surface area contributed by atoms with Gasteiger partial charge in [0.15, 0.2) is 5.82 Å². The van der Waals surface area contributed by atoms with Crippen LogP contribution < -0.4 is 4.74 Å². The Bertz CT molecular complexity index is 1020. The van der Waals surface area contributed by atoms with Crippen molar-refractivity contribution < 1.29 is 14.6 Å². The van der Waals surface area contributed by atoms with E-state index in [2.05, 4.69) is 23.9 Å². The summed E-state index contributed by atoms with van der Waals surface area (Å²) < 4.78 is 9.76. The van der Waals surface area contributed by atoms with Crippen molar-refractivity contribution in [1.82, 2.24) is 24.3 Å². The molecule has 140 valence electrons. The maximum absolute atomic E-state index is 11.0. The van der Waals surface area contributed by atoms with Gasteiger partial charge in [0, 0.05) is 12.2 Å². The Balaban J connectivity index is 1.79. The van der Waals surface area contributed by atoms with E-state index < -0.39 is 5.97 Å². The maximum atomic E-state index is 11.0. The molecule has 3 aromatic rings. The standard InChI is InChI=1S/C19H21N5O3/c1-11(2)24-19(20-12(3)22-24)15-10-23-6-7-27-16-8-13(9-17(25)26)4-5-14(16)18(23)21-15/h4-5,8,10-11H,6-7,9H2,1-3H3,(H,25,26). The van der Waals surface area contributed by atoms with Crippen LogP contribution >= 0.6 is 0 Å². The van der Waals surface area contributed by atoms with E-state index in [4.69, 9.17) is 14.8 Å². The Labute approximate surface area is 156 Å². The highest BCUT2D eigenvalue weighted by Gasteiger charge is 2.22. The minimum absolute atomic E-state index is 0.0346. The van der Waals surface area contributed by atoms with Crippen LogP contribution in [-0.4, -0.2) is 42.0 Å². The molecule has 1 aliphatic heterocycles. The molecule has 8 heteroatoms. The summed E-state index contributed by atoms with van der Waals surface area (Å²) in [7, 11) is 0. The SMILES string of the molecule is Cc1nc(-c2cn3c(n2)-c2ccc(CC(=O)O)cc2OCC3)n(C(C)C)n1. The topological polar surface area (TPSA) is 95.1 Å². The highest BCUT2D eigenvalue weighted by Crippen LogP contribution is 2.34. The summed E-state index contributed by atoms with van der Waals surface area (Å²) in [6.45, 7) is 7.14. The molecule has 0 atom stereocenters. The molecule has 0 fully saturated rings. The fraction of sp³-hybridized carbons (Fsp3) is 0.368. The van der Waals surface area contributed by atoms with Gasteiger partial charge < -0.3 is 14.4 Å². The van der Waals surface area contributed by atoms with Crippen LogP contribution in [0.15, 0.2) is 24.4 Å². The number of carboxylic acid groups (broad SMARTS) is 1. The van der Waals surface area contributed by atoms with Gasteiger partial charge in [-0.25, -0.2) is 14.6 Å². The van der Waals surface area contributed by atoms with Gasteiger partial charge in [-0.05, 0) is 38.5 Å². The largest absolute Gasteiger partial charge is 0.491 e. The number of hydrogen-bond acceptors (Lipinski definition) is 5. The lowest BCUT2D eigenvalue weighted by atomic mass is 10.1. The van der Waals surface area contributed by atoms with Crippen LogP contribution in [0.4, 0.5) is 0 Å². The smallest absolute Gasteiger partial charge is 0.307 e. The van der Waals surface area contributed by atoms with Gasteiger partial charge in [0.2, 0.25) is 0 Å². The molecule has 0 saturated heterocycles. The Morgan fingerprint density at radius 3 is 2.85 bits per heavy atom. The summed E-state index contributed by atoms with van der Waals surface area (Å²) in [5.74, 6) is 2.04. The molecule has 1 N–H and O–H groups in total. The number of nitrogens with zero attached hydrogens (tertiary/aromatic N) is 5. The van der Waals surface area contributed by atoms with Crippen molar-refractivity contribution in [3.05, 3.63) is 35.8 Å². The number of carboxylic acids is 1. The van der Waals surface area contributed by atoms with E-state index in [1.54, 1.807) is 12.1 Å². The number of carbonyl (C=O) groups is 1. The summed E-state index contributed by atoms with van der Waals surface area (Å²) >= 11 is 0. The average Bonchev–Trinajstić information content (AvgIpc) is 3.14. The Morgan fingerprint density at radius 1 is 1.30 bits per heavy atom. The molecule has 3 heterocycles. The lowest BCUT2D eigenvalue weighted by Crippen LogP contribution is -2.06. The van der Waals surface area contributed by atoms with Crippen molar-refractivity contribution in [2.24, 2.45) is 0 Å². The third-order valence-electron chi connectivity index (χ3n) is 4.46. The highest BCUT2D eigenvalue weighted by atomic mass is 16.5. The van der Waals surface area contributed by atoms with Gasteiger partial charge >= 0.3 is 5.97 Å². The molecule has 0 amide bonds. The number of aryl methyl sites for hydroxylation is 1. The van der Waals surface area contributed by atoms with Crippen LogP contribution in [0.1, 0.15) is 31.3 Å². The van der Waals surface area contributed by atoms with Crippen LogP contribution in [-0.2, 0) is 17.8 Å². The number of ether oxygens (including phenoxy) is 1. The summed E-state index contributed by atoms with van der Waals surface area (Å²) in [5, 5.41) is 13.5. The predicted octanol–water partition coefficient (Wildman–Crippen LogP) is 2.72. The van der Waals surface area contributed by atoms with Crippen molar-refractivity contribution in [2.45, 2.75) is 39.8 Å². The number of aromatic nitrogens is 5. The Kier molecular flexibility index (Phi) is 4.18. The van der Waals surface area contributed by atoms with Crippen molar-refractivity contribution in [3.63, 3.8) is 0 Å². The molecule has 27 heavy (non-hydrogen) atoms. The molecule has 0 spiro atoms. The molecule has 0 radical (unpaired) electrons. The molecule has 0 bridgehead atoms. The fourth-order valence-corrected chi connectivity index (χ4v) is 3.28. The monoisotopic (exact) mass is 367 g/mol. The first-order valence-electron chi connectivity index (χ1n) is 8.91. The molecular weight excluding hydrogens is 346 g/mol. The molecular formula is C19H21N5O3. The second-order valence-electron chi connectivity index (χ2n) is 6.91. The van der Waals surface area contributed by atoms with Crippen molar-refractivity contribution in [1.29, 1.82) is 0 Å². The van der Waals surface area contributed by atoms with E-state index in [-0.39, 0.29) is 12.5 Å². The van der Waals surface area contributed by atoms with Gasteiger partial charge in [0.1, 0.15) is 29.7 Å². The number of benzene rings is 1. The lowest BCUT2D eigenvalue weighted by Gasteiger charge is -2.08. The molecule has 0 unspecified atom stereocenters. The molecule has 4 rings (SSSR count). The first-order chi connectivity index (χ1) is 12.9. The van der Waals surface area contributed by atoms with Gasteiger partial charge in [-0.3, -0.25) is 4.79 Å². The van der Waals surface area contributed by atoms with Gasteiger partial charge in [0.25, 0.3) is 0 Å². The van der Waals surface area contributed by atoms with Crippen LogP contribution in [0.5, 0.6) is 5.75 Å². The van der Waals surface area contributed by atoms with Crippen molar-refractivity contribution in [3.8, 4) is 28.7 Å². The van der Waals surface area contributed by atoms with E-state index in [1.165, 1.54) is 0 Å². The second kappa shape index (κ2) is 6.53. The molecule has 0 saturated carbocycles. The van der Waals surface area contributed by atoms with Crippen LogP contribution in [0.2, 0.25) is 0 Å². The molecule has 0 aliphatic carbocycles. The normalized spacial score (nSPS) is 13.0. The van der Waals surface area contributed by atoms with Gasteiger partial charge in [0.05, 0.1) is 18.5 Å². The second-order valence-corrected chi connectivity index (χ2v) is 6.91. The minimum Gasteiger partial charge on any atom is -0.491 e. The summed E-state index contributed by atoms with van der Waals surface area (Å²) in [6.07, 6.45) is 1.94. The Hall–Kier alpha value is -3.16. The van der Waals surface area contributed by atoms with E-state index in [0.717, 1.165) is 22.9 Å². The van der Waals surface area contributed by atoms with Crippen LogP contribution in [0, 0.1) is 6.92 Å². The van der Waals surface area contributed by atoms with Crippen LogP contribution in [0.3, 0.4) is 0 Å². The molecule has 1 aromatic carbocycles. The van der Waals surface area contributed by atoms with Crippen LogP contribution in [0.25, 0.3) is 22.9 Å². The number of hydrogen-bond donors (Lipinski definition) is 1. The van der Waals surface area contributed by atoms with Crippen molar-refractivity contribution in [2.75, 3.05) is 6.61 Å². The number of fused-ring (bicyclic) bond motifs is 3. The molecule has 2 aromatic heterocycles. The zero-order valence-electron chi connectivity index (χ0n) is 15.5. The molecule has 8 nitrogen and oxygen atoms in total. The maximum Gasteiger partial charge on any atom is 0.307 e. The highest BCUT2D eigenvalue weighted by molar-refractivity contribution is 5.73. The van der Waals surface area contributed by atoms with E-state index >= 15 is 0 Å².